The SMILES string of the molecule is Cl.c1cc(-c2ccc(Cc3ccc(OC[C@H]4CCCCN4)cc3)cc2)cs1. The Morgan fingerprint density at radius 3 is 2.26 bits per heavy atom. The van der Waals surface area contributed by atoms with E-state index in [-0.39, 0.29) is 12.4 Å². The Morgan fingerprint density at radius 2 is 1.63 bits per heavy atom. The fourth-order valence-corrected chi connectivity index (χ4v) is 4.11. The molecule has 1 N–H and O–H groups in total. The zero-order valence-electron chi connectivity index (χ0n) is 15.4. The van der Waals surface area contributed by atoms with Gasteiger partial charge in [0.15, 0.2) is 0 Å². The third-order valence-corrected chi connectivity index (χ3v) is 5.69. The van der Waals surface area contributed by atoms with Gasteiger partial charge >= 0.3 is 0 Å². The Morgan fingerprint density at radius 1 is 0.889 bits per heavy atom. The summed E-state index contributed by atoms with van der Waals surface area (Å²) in [6.45, 7) is 1.89. The molecule has 1 aliphatic rings. The first kappa shape index (κ1) is 19.9. The summed E-state index contributed by atoms with van der Waals surface area (Å²) in [5.74, 6) is 0.967. The summed E-state index contributed by atoms with van der Waals surface area (Å²) in [5.41, 5.74) is 5.24. The molecule has 0 amide bonds. The molecule has 1 aliphatic heterocycles. The Hall–Kier alpha value is -1.81. The van der Waals surface area contributed by atoms with E-state index >= 15 is 0 Å². The topological polar surface area (TPSA) is 21.3 Å². The number of hydrogen-bond acceptors (Lipinski definition) is 3. The number of rotatable bonds is 6. The summed E-state index contributed by atoms with van der Waals surface area (Å²) in [6.07, 6.45) is 4.78. The normalized spacial score (nSPS) is 16.5. The van der Waals surface area contributed by atoms with E-state index in [1.54, 1.807) is 11.3 Å². The first-order chi connectivity index (χ1) is 12.9. The zero-order chi connectivity index (χ0) is 17.6. The number of hydrogen-bond donors (Lipinski definition) is 1. The van der Waals surface area contributed by atoms with E-state index in [0.717, 1.165) is 25.3 Å². The van der Waals surface area contributed by atoms with Crippen LogP contribution in [-0.2, 0) is 6.42 Å². The monoisotopic (exact) mass is 399 g/mol. The van der Waals surface area contributed by atoms with E-state index < -0.39 is 0 Å². The van der Waals surface area contributed by atoms with Crippen LogP contribution in [0.1, 0.15) is 30.4 Å². The molecular formula is C23H26ClNOS. The third-order valence-electron chi connectivity index (χ3n) is 5.00. The van der Waals surface area contributed by atoms with Gasteiger partial charge in [-0.25, -0.2) is 0 Å². The van der Waals surface area contributed by atoms with Crippen molar-refractivity contribution in [2.75, 3.05) is 13.2 Å². The number of benzene rings is 2. The van der Waals surface area contributed by atoms with Gasteiger partial charge in [0, 0.05) is 6.04 Å². The van der Waals surface area contributed by atoms with Crippen LogP contribution in [0.5, 0.6) is 5.75 Å². The van der Waals surface area contributed by atoms with Crippen molar-refractivity contribution in [2.45, 2.75) is 31.7 Å². The second kappa shape index (κ2) is 9.93. The van der Waals surface area contributed by atoms with Crippen LogP contribution in [0.2, 0.25) is 0 Å². The van der Waals surface area contributed by atoms with Crippen molar-refractivity contribution < 1.29 is 4.74 Å². The van der Waals surface area contributed by atoms with E-state index in [2.05, 4.69) is 70.7 Å². The van der Waals surface area contributed by atoms with Gasteiger partial charge < -0.3 is 10.1 Å². The van der Waals surface area contributed by atoms with Gasteiger partial charge in [-0.1, -0.05) is 42.8 Å². The van der Waals surface area contributed by atoms with Crippen LogP contribution in [0.3, 0.4) is 0 Å². The molecule has 1 atom stereocenters. The van der Waals surface area contributed by atoms with Crippen molar-refractivity contribution in [3.05, 3.63) is 76.5 Å². The lowest BCUT2D eigenvalue weighted by atomic mass is 10.0. The molecule has 2 heterocycles. The molecule has 3 aromatic rings. The molecule has 0 radical (unpaired) electrons. The molecule has 2 nitrogen and oxygen atoms in total. The van der Waals surface area contributed by atoms with Gasteiger partial charge in [-0.2, -0.15) is 11.3 Å². The second-order valence-electron chi connectivity index (χ2n) is 6.99. The maximum atomic E-state index is 5.95. The minimum absolute atomic E-state index is 0. The minimum atomic E-state index is 0. The van der Waals surface area contributed by atoms with Gasteiger partial charge in [0.2, 0.25) is 0 Å². The van der Waals surface area contributed by atoms with Crippen molar-refractivity contribution in [3.63, 3.8) is 0 Å². The van der Waals surface area contributed by atoms with Gasteiger partial charge in [0.1, 0.15) is 12.4 Å². The van der Waals surface area contributed by atoms with Gasteiger partial charge in [-0.15, -0.1) is 12.4 Å². The molecule has 142 valence electrons. The molecule has 0 bridgehead atoms. The fourth-order valence-electron chi connectivity index (χ4n) is 3.45. The van der Waals surface area contributed by atoms with Crippen LogP contribution in [0.15, 0.2) is 65.4 Å². The Bertz CT molecular complexity index is 793. The maximum absolute atomic E-state index is 5.95. The highest BCUT2D eigenvalue weighted by Crippen LogP contribution is 2.23. The summed E-state index contributed by atoms with van der Waals surface area (Å²) in [7, 11) is 0. The highest BCUT2D eigenvalue weighted by molar-refractivity contribution is 7.08. The number of ether oxygens (including phenoxy) is 1. The van der Waals surface area contributed by atoms with E-state index in [4.69, 9.17) is 4.74 Å². The van der Waals surface area contributed by atoms with Gasteiger partial charge in [-0.05, 0) is 77.0 Å². The molecule has 1 saturated heterocycles. The predicted octanol–water partition coefficient (Wildman–Crippen LogP) is 5.95. The highest BCUT2D eigenvalue weighted by atomic mass is 35.5. The third kappa shape index (κ3) is 5.58. The molecule has 0 aliphatic carbocycles. The Kier molecular flexibility index (Phi) is 7.33. The number of piperidine rings is 1. The first-order valence-corrected chi connectivity index (χ1v) is 10.4. The van der Waals surface area contributed by atoms with Gasteiger partial charge in [0.05, 0.1) is 0 Å². The lowest BCUT2D eigenvalue weighted by Gasteiger charge is -2.23. The van der Waals surface area contributed by atoms with E-state index in [0.29, 0.717) is 6.04 Å². The summed E-state index contributed by atoms with van der Waals surface area (Å²) in [5, 5.41) is 7.84. The molecule has 1 fully saturated rings. The molecule has 4 rings (SSSR count). The number of halogens is 1. The lowest BCUT2D eigenvalue weighted by Crippen LogP contribution is -2.38. The first-order valence-electron chi connectivity index (χ1n) is 9.43. The largest absolute Gasteiger partial charge is 0.492 e. The van der Waals surface area contributed by atoms with Crippen LogP contribution < -0.4 is 10.1 Å². The second-order valence-corrected chi connectivity index (χ2v) is 7.77. The fraction of sp³-hybridized carbons (Fsp3) is 0.304. The quantitative estimate of drug-likeness (QED) is 0.553. The molecular weight excluding hydrogens is 374 g/mol. The molecule has 2 aromatic carbocycles. The van der Waals surface area contributed by atoms with Crippen molar-refractivity contribution in [2.24, 2.45) is 0 Å². The van der Waals surface area contributed by atoms with Crippen LogP contribution in [0, 0.1) is 0 Å². The smallest absolute Gasteiger partial charge is 0.119 e. The number of nitrogens with one attached hydrogen (secondary N) is 1. The van der Waals surface area contributed by atoms with Crippen LogP contribution in [-0.4, -0.2) is 19.2 Å². The van der Waals surface area contributed by atoms with Crippen molar-refractivity contribution in [3.8, 4) is 16.9 Å². The van der Waals surface area contributed by atoms with E-state index in [9.17, 15) is 0 Å². The summed E-state index contributed by atoms with van der Waals surface area (Å²) >= 11 is 1.74. The standard InChI is InChI=1S/C23H25NOS.ClH/c1-2-13-24-22(3-1)16-25-23-10-6-19(7-11-23)15-18-4-8-20(9-5-18)21-12-14-26-17-21;/h4-12,14,17,22,24H,1-3,13,15-16H2;1H/t22-;/m1./s1. The number of thiophene rings is 1. The predicted molar refractivity (Wildman–Crippen MR) is 117 cm³/mol. The zero-order valence-corrected chi connectivity index (χ0v) is 17.0. The Labute approximate surface area is 172 Å². The summed E-state index contributed by atoms with van der Waals surface area (Å²) in [6, 6.07) is 20.1. The average Bonchev–Trinajstić information content (AvgIpc) is 3.24. The Balaban J connectivity index is 0.00000210. The van der Waals surface area contributed by atoms with Crippen molar-refractivity contribution in [1.82, 2.24) is 5.32 Å². The molecule has 0 spiro atoms. The van der Waals surface area contributed by atoms with Crippen LogP contribution in [0.25, 0.3) is 11.1 Å². The summed E-state index contributed by atoms with van der Waals surface area (Å²) < 4.78 is 5.95. The van der Waals surface area contributed by atoms with Crippen molar-refractivity contribution in [1.29, 1.82) is 0 Å². The average molecular weight is 400 g/mol. The molecule has 1 aromatic heterocycles. The molecule has 4 heteroatoms. The highest BCUT2D eigenvalue weighted by Gasteiger charge is 2.12. The molecule has 0 unspecified atom stereocenters. The minimum Gasteiger partial charge on any atom is -0.492 e. The lowest BCUT2D eigenvalue weighted by molar-refractivity contribution is 0.239. The summed E-state index contributed by atoms with van der Waals surface area (Å²) in [4.78, 5) is 0. The molecule has 27 heavy (non-hydrogen) atoms. The van der Waals surface area contributed by atoms with Crippen molar-refractivity contribution >= 4 is 23.7 Å². The molecule has 0 saturated carbocycles. The van der Waals surface area contributed by atoms with Crippen LogP contribution in [0.4, 0.5) is 0 Å². The van der Waals surface area contributed by atoms with Gasteiger partial charge in [0.25, 0.3) is 0 Å². The van der Waals surface area contributed by atoms with E-state index in [1.807, 2.05) is 0 Å². The van der Waals surface area contributed by atoms with E-state index in [1.165, 1.54) is 41.5 Å². The van der Waals surface area contributed by atoms with Gasteiger partial charge in [-0.3, -0.25) is 0 Å². The van der Waals surface area contributed by atoms with Crippen LogP contribution >= 0.6 is 23.7 Å². The maximum Gasteiger partial charge on any atom is 0.119 e.